The van der Waals surface area contributed by atoms with Gasteiger partial charge in [-0.1, -0.05) is 30.0 Å². The summed E-state index contributed by atoms with van der Waals surface area (Å²) in [5, 5.41) is 20.2. The van der Waals surface area contributed by atoms with E-state index in [9.17, 15) is 24.8 Å². The average molecular weight is 346 g/mol. The van der Waals surface area contributed by atoms with E-state index in [0.717, 1.165) is 5.56 Å². The number of aliphatic carboxylic acids is 1. The summed E-state index contributed by atoms with van der Waals surface area (Å²) < 4.78 is 0. The number of thioether (sulfide) groups is 1. The number of hydrogen-bond acceptors (Lipinski definition) is 5. The number of non-ortho nitro benzene ring substituents is 1. The van der Waals surface area contributed by atoms with E-state index in [2.05, 4.69) is 0 Å². The summed E-state index contributed by atoms with van der Waals surface area (Å²) in [6.45, 7) is 3.43. The second-order valence-corrected chi connectivity index (χ2v) is 7.03. The SMILES string of the molecule is CC=C1C(=O)N2C(C(=O)O)=C(C)SC12Cc1ccc([N+](=O)[O-])cc1. The molecule has 0 aliphatic carbocycles. The van der Waals surface area contributed by atoms with Gasteiger partial charge in [0.25, 0.3) is 11.6 Å². The predicted octanol–water partition coefficient (Wildman–Crippen LogP) is 2.69. The van der Waals surface area contributed by atoms with Crippen molar-refractivity contribution in [3.63, 3.8) is 0 Å². The number of carbonyl (C=O) groups excluding carboxylic acids is 1. The van der Waals surface area contributed by atoms with Gasteiger partial charge in [-0.05, 0) is 19.4 Å². The number of fused-ring (bicyclic) bond motifs is 1. The maximum atomic E-state index is 12.3. The summed E-state index contributed by atoms with van der Waals surface area (Å²) >= 11 is 1.34. The number of benzene rings is 1. The van der Waals surface area contributed by atoms with Crippen LogP contribution < -0.4 is 0 Å². The van der Waals surface area contributed by atoms with Crippen molar-refractivity contribution in [3.8, 4) is 0 Å². The van der Waals surface area contributed by atoms with Crippen molar-refractivity contribution in [1.29, 1.82) is 0 Å². The Morgan fingerprint density at radius 2 is 2.04 bits per heavy atom. The minimum atomic E-state index is -1.13. The third-order valence-corrected chi connectivity index (χ3v) is 5.56. The van der Waals surface area contributed by atoms with E-state index in [1.165, 1.54) is 28.8 Å². The molecular weight excluding hydrogens is 332 g/mol. The number of carboxylic acid groups (broad SMARTS) is 1. The predicted molar refractivity (Wildman–Crippen MR) is 88.1 cm³/mol. The largest absolute Gasteiger partial charge is 0.477 e. The number of hydrogen-bond donors (Lipinski definition) is 1. The monoisotopic (exact) mass is 346 g/mol. The van der Waals surface area contributed by atoms with Crippen LogP contribution in [0.4, 0.5) is 5.69 Å². The van der Waals surface area contributed by atoms with Crippen LogP contribution in [-0.2, 0) is 16.0 Å². The Hall–Kier alpha value is -2.61. The lowest BCUT2D eigenvalue weighted by atomic mass is 9.87. The van der Waals surface area contributed by atoms with E-state index < -0.39 is 15.8 Å². The van der Waals surface area contributed by atoms with Gasteiger partial charge in [-0.25, -0.2) is 4.79 Å². The highest BCUT2D eigenvalue weighted by molar-refractivity contribution is 8.05. The topological polar surface area (TPSA) is 101 Å². The van der Waals surface area contributed by atoms with Gasteiger partial charge in [0.05, 0.1) is 10.5 Å². The molecule has 1 fully saturated rings. The number of nitro benzene ring substituents is 1. The molecule has 2 heterocycles. The third kappa shape index (κ3) is 2.14. The van der Waals surface area contributed by atoms with Gasteiger partial charge >= 0.3 is 5.97 Å². The lowest BCUT2D eigenvalue weighted by Gasteiger charge is -2.49. The number of allylic oxidation sites excluding steroid dienone is 2. The van der Waals surface area contributed by atoms with Crippen molar-refractivity contribution < 1.29 is 19.6 Å². The minimum Gasteiger partial charge on any atom is -0.477 e. The molecule has 1 saturated heterocycles. The number of amides is 1. The normalized spacial score (nSPS) is 24.2. The summed E-state index contributed by atoms with van der Waals surface area (Å²) in [5.41, 5.74) is 1.35. The highest BCUT2D eigenvalue weighted by Crippen LogP contribution is 2.58. The summed E-state index contributed by atoms with van der Waals surface area (Å²) in [6, 6.07) is 6.08. The number of carbonyl (C=O) groups is 2. The first kappa shape index (κ1) is 16.3. The van der Waals surface area contributed by atoms with Gasteiger partial charge < -0.3 is 5.11 Å². The highest BCUT2D eigenvalue weighted by Gasteiger charge is 2.62. The van der Waals surface area contributed by atoms with Gasteiger partial charge in [0.2, 0.25) is 0 Å². The zero-order valence-corrected chi connectivity index (χ0v) is 13.8. The number of β-lactam (4-membered cyclic amide) rings is 1. The number of nitro groups is 1. The minimum absolute atomic E-state index is 0.0105. The van der Waals surface area contributed by atoms with Crippen molar-refractivity contribution in [2.45, 2.75) is 25.1 Å². The molecule has 124 valence electrons. The van der Waals surface area contributed by atoms with Crippen LogP contribution in [-0.4, -0.2) is 31.7 Å². The Morgan fingerprint density at radius 3 is 2.54 bits per heavy atom. The fraction of sp³-hybridized carbons (Fsp3) is 0.250. The molecule has 1 N–H and O–H groups in total. The van der Waals surface area contributed by atoms with Crippen LogP contribution >= 0.6 is 11.8 Å². The van der Waals surface area contributed by atoms with Crippen molar-refractivity contribution >= 4 is 29.3 Å². The van der Waals surface area contributed by atoms with Gasteiger partial charge in [0.15, 0.2) is 0 Å². The molecule has 0 radical (unpaired) electrons. The van der Waals surface area contributed by atoms with E-state index in [4.69, 9.17) is 0 Å². The second kappa shape index (κ2) is 5.48. The molecule has 1 unspecified atom stereocenters. The quantitative estimate of drug-likeness (QED) is 0.389. The molecule has 1 aromatic carbocycles. The van der Waals surface area contributed by atoms with Crippen LogP contribution in [0.5, 0.6) is 0 Å². The maximum Gasteiger partial charge on any atom is 0.353 e. The molecule has 0 bridgehead atoms. The van der Waals surface area contributed by atoms with Gasteiger partial charge in [-0.15, -0.1) is 0 Å². The molecule has 0 saturated carbocycles. The van der Waals surface area contributed by atoms with Crippen LogP contribution in [0.1, 0.15) is 19.4 Å². The van der Waals surface area contributed by atoms with Crippen molar-refractivity contribution in [2.75, 3.05) is 0 Å². The summed E-state index contributed by atoms with van der Waals surface area (Å²) in [4.78, 5) is 35.2. The Balaban J connectivity index is 1.97. The lowest BCUT2D eigenvalue weighted by Crippen LogP contribution is -2.62. The zero-order chi connectivity index (χ0) is 17.6. The molecule has 1 amide bonds. The van der Waals surface area contributed by atoms with E-state index in [0.29, 0.717) is 16.9 Å². The van der Waals surface area contributed by atoms with Crippen LogP contribution in [0.15, 0.2) is 46.5 Å². The maximum absolute atomic E-state index is 12.3. The first-order chi connectivity index (χ1) is 11.3. The second-order valence-electron chi connectivity index (χ2n) is 5.54. The number of nitrogens with zero attached hydrogens (tertiary/aromatic N) is 2. The molecule has 2 aliphatic rings. The average Bonchev–Trinajstić information content (AvgIpc) is 2.77. The van der Waals surface area contributed by atoms with Gasteiger partial charge in [0, 0.05) is 23.5 Å². The zero-order valence-electron chi connectivity index (χ0n) is 13.0. The first-order valence-electron chi connectivity index (χ1n) is 7.19. The standard InChI is InChI=1S/C16H14N2O5S/c1-3-12-14(19)17-13(15(20)21)9(2)24-16(12,17)8-10-4-6-11(7-5-10)18(22)23/h3-7H,8H2,1-2H3,(H,20,21). The molecule has 3 rings (SSSR count). The summed E-state index contributed by atoms with van der Waals surface area (Å²) in [6.07, 6.45) is 2.09. The Kier molecular flexibility index (Phi) is 3.71. The van der Waals surface area contributed by atoms with E-state index in [1.54, 1.807) is 32.1 Å². The summed E-state index contributed by atoms with van der Waals surface area (Å²) in [7, 11) is 0. The van der Waals surface area contributed by atoms with E-state index in [1.807, 2.05) is 0 Å². The molecular formula is C16H14N2O5S. The van der Waals surface area contributed by atoms with Crippen molar-refractivity contribution in [3.05, 3.63) is 62.2 Å². The lowest BCUT2D eigenvalue weighted by molar-refractivity contribution is -0.384. The van der Waals surface area contributed by atoms with Gasteiger partial charge in [0.1, 0.15) is 10.6 Å². The third-order valence-electron chi connectivity index (χ3n) is 4.18. The molecule has 2 aliphatic heterocycles. The fourth-order valence-corrected chi connectivity index (χ4v) is 4.78. The first-order valence-corrected chi connectivity index (χ1v) is 8.01. The number of carboxylic acids is 1. The molecule has 0 aromatic heterocycles. The molecule has 7 nitrogen and oxygen atoms in total. The smallest absolute Gasteiger partial charge is 0.353 e. The highest BCUT2D eigenvalue weighted by atomic mass is 32.2. The van der Waals surface area contributed by atoms with Gasteiger partial charge in [-0.2, -0.15) is 0 Å². The molecule has 0 spiro atoms. The molecule has 8 heteroatoms. The molecule has 1 aromatic rings. The Morgan fingerprint density at radius 1 is 1.42 bits per heavy atom. The Labute approximate surface area is 141 Å². The molecule has 1 atom stereocenters. The summed E-state index contributed by atoms with van der Waals surface area (Å²) in [5.74, 6) is -1.43. The van der Waals surface area contributed by atoms with Crippen LogP contribution in [0, 0.1) is 10.1 Å². The van der Waals surface area contributed by atoms with Crippen LogP contribution in [0.3, 0.4) is 0 Å². The number of rotatable bonds is 4. The van der Waals surface area contributed by atoms with E-state index >= 15 is 0 Å². The van der Waals surface area contributed by atoms with Crippen molar-refractivity contribution in [2.24, 2.45) is 0 Å². The fourth-order valence-electron chi connectivity index (χ4n) is 3.18. The van der Waals surface area contributed by atoms with Crippen LogP contribution in [0.25, 0.3) is 0 Å². The van der Waals surface area contributed by atoms with E-state index in [-0.39, 0.29) is 17.3 Å². The van der Waals surface area contributed by atoms with Crippen molar-refractivity contribution in [1.82, 2.24) is 4.90 Å². The van der Waals surface area contributed by atoms with Gasteiger partial charge in [-0.3, -0.25) is 19.8 Å². The van der Waals surface area contributed by atoms with Crippen LogP contribution in [0.2, 0.25) is 0 Å². The Bertz CT molecular complexity index is 827. The molecule has 24 heavy (non-hydrogen) atoms.